The predicted octanol–water partition coefficient (Wildman–Crippen LogP) is 5.33. The molecule has 152 valence electrons. The predicted molar refractivity (Wildman–Crippen MR) is 119 cm³/mol. The molecule has 1 saturated heterocycles. The first-order valence-electron chi connectivity index (χ1n) is 10.2. The molecule has 0 atom stereocenters. The number of aryl methyl sites for hydroxylation is 1. The highest BCUT2D eigenvalue weighted by atomic mass is 16.2. The zero-order valence-corrected chi connectivity index (χ0v) is 17.6. The van der Waals surface area contributed by atoms with Crippen LogP contribution in [0.5, 0.6) is 0 Å². The molecule has 30 heavy (non-hydrogen) atoms. The zero-order valence-electron chi connectivity index (χ0n) is 17.6. The van der Waals surface area contributed by atoms with Gasteiger partial charge in [0.1, 0.15) is 5.54 Å². The van der Waals surface area contributed by atoms with Gasteiger partial charge in [0.05, 0.1) is 5.69 Å². The molecule has 0 aliphatic carbocycles. The van der Waals surface area contributed by atoms with E-state index in [4.69, 9.17) is 0 Å². The molecule has 1 heterocycles. The van der Waals surface area contributed by atoms with Gasteiger partial charge < -0.3 is 4.90 Å². The smallest absolute Gasteiger partial charge is 0.305 e. The molecule has 1 aliphatic heterocycles. The van der Waals surface area contributed by atoms with Crippen LogP contribution in [0.3, 0.4) is 0 Å². The second-order valence-corrected chi connectivity index (χ2v) is 8.34. The maximum absolute atomic E-state index is 13.3. The molecular formula is C26H26N2O2. The molecule has 1 aliphatic rings. The largest absolute Gasteiger partial charge is 0.332 e. The van der Waals surface area contributed by atoms with E-state index in [9.17, 15) is 9.59 Å². The van der Waals surface area contributed by atoms with Gasteiger partial charge in [-0.05, 0) is 61.6 Å². The Morgan fingerprint density at radius 3 is 2.17 bits per heavy atom. The van der Waals surface area contributed by atoms with Gasteiger partial charge in [0.15, 0.2) is 0 Å². The first kappa shape index (κ1) is 19.9. The van der Waals surface area contributed by atoms with E-state index in [1.165, 1.54) is 10.5 Å². The number of benzene rings is 3. The highest BCUT2D eigenvalue weighted by molar-refractivity contribution is 6.22. The van der Waals surface area contributed by atoms with Crippen molar-refractivity contribution < 1.29 is 9.59 Å². The summed E-state index contributed by atoms with van der Waals surface area (Å²) in [4.78, 5) is 29.5. The molecule has 4 heteroatoms. The minimum absolute atomic E-state index is 0.196. The van der Waals surface area contributed by atoms with Crippen LogP contribution in [0.1, 0.15) is 36.1 Å². The van der Waals surface area contributed by atoms with Crippen molar-refractivity contribution >= 4 is 17.6 Å². The minimum Gasteiger partial charge on any atom is -0.305 e. The van der Waals surface area contributed by atoms with Gasteiger partial charge in [-0.1, -0.05) is 66.7 Å². The summed E-state index contributed by atoms with van der Waals surface area (Å²) < 4.78 is 0. The standard InChI is InChI=1S/C26H26N2O2/c1-19-10-9-15-23(16-19)28-24(29)26(2,3)27(25(28)30)18-22-14-8-7-13-21(22)17-20-11-5-4-6-12-20/h4-16H,17-18H2,1-3H3. The SMILES string of the molecule is Cc1cccc(N2C(=O)N(Cc3ccccc3Cc3ccccc3)C(C)(C)C2=O)c1. The summed E-state index contributed by atoms with van der Waals surface area (Å²) in [6.07, 6.45) is 0.787. The van der Waals surface area contributed by atoms with Crippen molar-refractivity contribution in [3.63, 3.8) is 0 Å². The number of nitrogens with zero attached hydrogens (tertiary/aromatic N) is 2. The second-order valence-electron chi connectivity index (χ2n) is 8.34. The Hall–Kier alpha value is -3.40. The summed E-state index contributed by atoms with van der Waals surface area (Å²) in [5.41, 5.74) is 4.15. The van der Waals surface area contributed by atoms with E-state index in [0.29, 0.717) is 12.2 Å². The summed E-state index contributed by atoms with van der Waals surface area (Å²) in [6.45, 7) is 5.99. The van der Waals surface area contributed by atoms with E-state index >= 15 is 0 Å². The van der Waals surface area contributed by atoms with Gasteiger partial charge in [-0.25, -0.2) is 9.69 Å². The Bertz CT molecular complexity index is 1090. The Morgan fingerprint density at radius 2 is 1.47 bits per heavy atom. The Labute approximate surface area is 177 Å². The lowest BCUT2D eigenvalue weighted by molar-refractivity contribution is -0.123. The van der Waals surface area contributed by atoms with Crippen LogP contribution in [-0.4, -0.2) is 22.4 Å². The van der Waals surface area contributed by atoms with E-state index in [1.807, 2.05) is 81.4 Å². The van der Waals surface area contributed by atoms with Crippen LogP contribution in [0.25, 0.3) is 0 Å². The van der Waals surface area contributed by atoms with Crippen molar-refractivity contribution in [1.29, 1.82) is 0 Å². The quantitative estimate of drug-likeness (QED) is 0.545. The van der Waals surface area contributed by atoms with Crippen LogP contribution in [0.2, 0.25) is 0 Å². The van der Waals surface area contributed by atoms with Gasteiger partial charge in [0.2, 0.25) is 0 Å². The van der Waals surface area contributed by atoms with Gasteiger partial charge in [-0.3, -0.25) is 4.79 Å². The molecule has 0 saturated carbocycles. The number of amides is 3. The van der Waals surface area contributed by atoms with Crippen LogP contribution in [-0.2, 0) is 17.8 Å². The molecule has 3 aromatic rings. The lowest BCUT2D eigenvalue weighted by Gasteiger charge is -2.28. The molecule has 3 aromatic carbocycles. The third-order valence-corrected chi connectivity index (χ3v) is 5.77. The fourth-order valence-electron chi connectivity index (χ4n) is 3.97. The Balaban J connectivity index is 1.65. The van der Waals surface area contributed by atoms with Crippen LogP contribution in [0.15, 0.2) is 78.9 Å². The number of hydrogen-bond acceptors (Lipinski definition) is 2. The first-order valence-corrected chi connectivity index (χ1v) is 10.2. The van der Waals surface area contributed by atoms with Gasteiger partial charge in [0.25, 0.3) is 5.91 Å². The Morgan fingerprint density at radius 1 is 0.800 bits per heavy atom. The topological polar surface area (TPSA) is 40.6 Å². The van der Waals surface area contributed by atoms with Crippen molar-refractivity contribution in [3.8, 4) is 0 Å². The van der Waals surface area contributed by atoms with E-state index < -0.39 is 5.54 Å². The molecule has 3 amide bonds. The van der Waals surface area contributed by atoms with Crippen molar-refractivity contribution in [2.45, 2.75) is 39.3 Å². The molecule has 0 unspecified atom stereocenters. The maximum atomic E-state index is 13.3. The number of imide groups is 1. The van der Waals surface area contributed by atoms with Gasteiger partial charge >= 0.3 is 6.03 Å². The molecule has 0 radical (unpaired) electrons. The highest BCUT2D eigenvalue weighted by Crippen LogP contribution is 2.34. The highest BCUT2D eigenvalue weighted by Gasteiger charge is 2.51. The van der Waals surface area contributed by atoms with Gasteiger partial charge in [-0.15, -0.1) is 0 Å². The van der Waals surface area contributed by atoms with Crippen molar-refractivity contribution in [2.75, 3.05) is 4.90 Å². The molecule has 0 aromatic heterocycles. The van der Waals surface area contributed by atoms with Crippen LogP contribution in [0.4, 0.5) is 10.5 Å². The van der Waals surface area contributed by atoms with E-state index in [-0.39, 0.29) is 11.9 Å². The summed E-state index contributed by atoms with van der Waals surface area (Å²) in [5, 5.41) is 0. The number of anilines is 1. The summed E-state index contributed by atoms with van der Waals surface area (Å²) in [5.74, 6) is -0.196. The first-order chi connectivity index (χ1) is 14.4. The Kier molecular flexibility index (Phi) is 5.17. The van der Waals surface area contributed by atoms with E-state index in [2.05, 4.69) is 18.2 Å². The minimum atomic E-state index is -0.916. The average Bonchev–Trinajstić information content (AvgIpc) is 2.89. The molecule has 4 nitrogen and oxygen atoms in total. The van der Waals surface area contributed by atoms with Crippen LogP contribution >= 0.6 is 0 Å². The molecule has 4 rings (SSSR count). The van der Waals surface area contributed by atoms with E-state index in [1.54, 1.807) is 4.90 Å². The van der Waals surface area contributed by atoms with Crippen molar-refractivity contribution in [3.05, 3.63) is 101 Å². The van der Waals surface area contributed by atoms with Crippen LogP contribution in [0, 0.1) is 6.92 Å². The number of carbonyl (C=O) groups excluding carboxylic acids is 2. The lowest BCUT2D eigenvalue weighted by atomic mass is 9.97. The third kappa shape index (κ3) is 3.61. The van der Waals surface area contributed by atoms with Crippen molar-refractivity contribution in [1.82, 2.24) is 4.90 Å². The normalized spacial score (nSPS) is 15.7. The maximum Gasteiger partial charge on any atom is 0.332 e. The summed E-state index contributed by atoms with van der Waals surface area (Å²) >= 11 is 0. The molecule has 0 spiro atoms. The number of carbonyl (C=O) groups is 2. The fourth-order valence-corrected chi connectivity index (χ4v) is 3.97. The third-order valence-electron chi connectivity index (χ3n) is 5.77. The summed E-state index contributed by atoms with van der Waals surface area (Å²) in [7, 11) is 0. The molecule has 0 N–H and O–H groups in total. The zero-order chi connectivity index (χ0) is 21.3. The monoisotopic (exact) mass is 398 g/mol. The van der Waals surface area contributed by atoms with Crippen molar-refractivity contribution in [2.24, 2.45) is 0 Å². The van der Waals surface area contributed by atoms with Crippen LogP contribution < -0.4 is 4.90 Å². The fraction of sp³-hybridized carbons (Fsp3) is 0.231. The number of urea groups is 1. The van der Waals surface area contributed by atoms with Gasteiger partial charge in [-0.2, -0.15) is 0 Å². The molecular weight excluding hydrogens is 372 g/mol. The van der Waals surface area contributed by atoms with Gasteiger partial charge in [0, 0.05) is 6.54 Å². The number of hydrogen-bond donors (Lipinski definition) is 0. The lowest BCUT2D eigenvalue weighted by Crippen LogP contribution is -2.43. The molecule has 1 fully saturated rings. The summed E-state index contributed by atoms with van der Waals surface area (Å²) in [6, 6.07) is 25.6. The average molecular weight is 399 g/mol. The molecule has 0 bridgehead atoms. The second kappa shape index (κ2) is 7.79. The van der Waals surface area contributed by atoms with E-state index in [0.717, 1.165) is 23.1 Å². The number of rotatable bonds is 5.